The summed E-state index contributed by atoms with van der Waals surface area (Å²) in [5, 5.41) is 14.5. The van der Waals surface area contributed by atoms with Crippen molar-refractivity contribution in [2.45, 2.75) is 39.0 Å². The van der Waals surface area contributed by atoms with E-state index in [2.05, 4.69) is 10.6 Å². The molecule has 0 saturated heterocycles. The first kappa shape index (κ1) is 20.0. The Morgan fingerprint density at radius 3 is 2.42 bits per heavy atom. The van der Waals surface area contributed by atoms with Crippen LogP contribution in [0.1, 0.15) is 32.8 Å². The van der Waals surface area contributed by atoms with Crippen molar-refractivity contribution in [3.63, 3.8) is 0 Å². The Morgan fingerprint density at radius 1 is 1.25 bits per heavy atom. The minimum Gasteiger partial charge on any atom is -0.388 e. The van der Waals surface area contributed by atoms with Gasteiger partial charge in [-0.15, -0.1) is 0 Å². The molecule has 0 bridgehead atoms. The number of aliphatic hydroxyl groups is 1. The van der Waals surface area contributed by atoms with Gasteiger partial charge in [-0.05, 0) is 31.0 Å². The number of carbonyl (C=O) groups excluding carboxylic acids is 2. The first-order chi connectivity index (χ1) is 11.0. The molecule has 2 atom stereocenters. The van der Waals surface area contributed by atoms with Crippen molar-refractivity contribution in [2.24, 2.45) is 5.92 Å². The molecule has 24 heavy (non-hydrogen) atoms. The standard InChI is InChI=1S/C16H21F3N2O3/c1-4-10(2)15(3,24)9-20-13(22)14(23)21-12-7-5-6-11(8-12)16(17,18)19/h5-8,10,24H,4,9H2,1-3H3,(H,20,22)(H,21,23)/t10-,15-/m1/s1. The minimum atomic E-state index is -4.54. The Labute approximate surface area is 138 Å². The lowest BCUT2D eigenvalue weighted by atomic mass is 9.89. The smallest absolute Gasteiger partial charge is 0.388 e. The van der Waals surface area contributed by atoms with Crippen LogP contribution in [0.4, 0.5) is 18.9 Å². The molecule has 0 unspecified atom stereocenters. The molecule has 134 valence electrons. The number of halogens is 3. The fourth-order valence-electron chi connectivity index (χ4n) is 1.91. The van der Waals surface area contributed by atoms with Crippen molar-refractivity contribution >= 4 is 17.5 Å². The third kappa shape index (κ3) is 5.52. The van der Waals surface area contributed by atoms with Crippen LogP contribution >= 0.6 is 0 Å². The molecule has 0 fully saturated rings. The van der Waals surface area contributed by atoms with Crippen LogP contribution in [0.5, 0.6) is 0 Å². The quantitative estimate of drug-likeness (QED) is 0.717. The third-order valence-electron chi connectivity index (χ3n) is 3.93. The van der Waals surface area contributed by atoms with E-state index < -0.39 is 29.2 Å². The normalized spacial score (nSPS) is 15.3. The summed E-state index contributed by atoms with van der Waals surface area (Å²) in [5.41, 5.74) is -2.26. The van der Waals surface area contributed by atoms with E-state index in [1.54, 1.807) is 6.92 Å². The Bertz CT molecular complexity index is 600. The average molecular weight is 346 g/mol. The van der Waals surface area contributed by atoms with Gasteiger partial charge in [0.05, 0.1) is 11.2 Å². The lowest BCUT2D eigenvalue weighted by Crippen LogP contribution is -2.47. The number of hydrogen-bond donors (Lipinski definition) is 3. The molecule has 2 amide bonds. The van der Waals surface area contributed by atoms with Gasteiger partial charge in [0, 0.05) is 12.2 Å². The van der Waals surface area contributed by atoms with Crippen LogP contribution in [0, 0.1) is 5.92 Å². The Balaban J connectivity index is 2.67. The molecule has 3 N–H and O–H groups in total. The molecular weight excluding hydrogens is 325 g/mol. The van der Waals surface area contributed by atoms with E-state index in [-0.39, 0.29) is 18.2 Å². The summed E-state index contributed by atoms with van der Waals surface area (Å²) in [6, 6.07) is 3.97. The fraction of sp³-hybridized carbons (Fsp3) is 0.500. The van der Waals surface area contributed by atoms with Crippen LogP contribution < -0.4 is 10.6 Å². The molecular formula is C16H21F3N2O3. The molecule has 1 aromatic rings. The Morgan fingerprint density at radius 2 is 1.88 bits per heavy atom. The monoisotopic (exact) mass is 346 g/mol. The van der Waals surface area contributed by atoms with E-state index in [0.29, 0.717) is 6.42 Å². The highest BCUT2D eigenvalue weighted by Gasteiger charge is 2.31. The van der Waals surface area contributed by atoms with Gasteiger partial charge in [0.2, 0.25) is 0 Å². The van der Waals surface area contributed by atoms with Gasteiger partial charge in [0.15, 0.2) is 0 Å². The van der Waals surface area contributed by atoms with Gasteiger partial charge < -0.3 is 15.7 Å². The van der Waals surface area contributed by atoms with Crippen molar-refractivity contribution < 1.29 is 27.9 Å². The van der Waals surface area contributed by atoms with Crippen LogP contribution in [0.15, 0.2) is 24.3 Å². The van der Waals surface area contributed by atoms with Crippen LogP contribution in [0.2, 0.25) is 0 Å². The predicted octanol–water partition coefficient (Wildman–Crippen LogP) is 2.56. The van der Waals surface area contributed by atoms with Crippen LogP contribution in [-0.4, -0.2) is 29.1 Å². The number of anilines is 1. The number of amides is 2. The van der Waals surface area contributed by atoms with Gasteiger partial charge in [-0.2, -0.15) is 13.2 Å². The molecule has 0 spiro atoms. The second-order valence-electron chi connectivity index (χ2n) is 5.88. The summed E-state index contributed by atoms with van der Waals surface area (Å²) in [4.78, 5) is 23.5. The van der Waals surface area contributed by atoms with Crippen molar-refractivity contribution in [3.05, 3.63) is 29.8 Å². The van der Waals surface area contributed by atoms with Gasteiger partial charge in [-0.1, -0.05) is 26.3 Å². The molecule has 0 aromatic heterocycles. The van der Waals surface area contributed by atoms with Crippen molar-refractivity contribution in [1.29, 1.82) is 0 Å². The molecule has 1 rings (SSSR count). The summed E-state index contributed by atoms with van der Waals surface area (Å²) in [6.45, 7) is 5.07. The number of nitrogens with one attached hydrogen (secondary N) is 2. The maximum atomic E-state index is 12.6. The SMILES string of the molecule is CC[C@@H](C)[C@](C)(O)CNC(=O)C(=O)Nc1cccc(C(F)(F)F)c1. The summed E-state index contributed by atoms with van der Waals surface area (Å²) < 4.78 is 37.8. The second-order valence-corrected chi connectivity index (χ2v) is 5.88. The van der Waals surface area contributed by atoms with E-state index >= 15 is 0 Å². The summed E-state index contributed by atoms with van der Waals surface area (Å²) in [7, 11) is 0. The summed E-state index contributed by atoms with van der Waals surface area (Å²) in [5.74, 6) is -2.24. The van der Waals surface area contributed by atoms with E-state index in [1.165, 1.54) is 13.0 Å². The van der Waals surface area contributed by atoms with Gasteiger partial charge in [-0.25, -0.2) is 0 Å². The van der Waals surface area contributed by atoms with Crippen LogP contribution in [-0.2, 0) is 15.8 Å². The molecule has 0 radical (unpaired) electrons. The zero-order valence-corrected chi connectivity index (χ0v) is 13.7. The molecule has 0 aliphatic heterocycles. The highest BCUT2D eigenvalue weighted by Crippen LogP contribution is 2.30. The Hall–Kier alpha value is -2.09. The van der Waals surface area contributed by atoms with Gasteiger partial charge >= 0.3 is 18.0 Å². The molecule has 0 aliphatic rings. The number of rotatable bonds is 5. The molecule has 5 nitrogen and oxygen atoms in total. The highest BCUT2D eigenvalue weighted by molar-refractivity contribution is 6.39. The lowest BCUT2D eigenvalue weighted by Gasteiger charge is -2.29. The largest absolute Gasteiger partial charge is 0.416 e. The van der Waals surface area contributed by atoms with Crippen molar-refractivity contribution in [1.82, 2.24) is 5.32 Å². The highest BCUT2D eigenvalue weighted by atomic mass is 19.4. The molecule has 1 aromatic carbocycles. The minimum absolute atomic E-state index is 0.107. The first-order valence-corrected chi connectivity index (χ1v) is 7.46. The maximum absolute atomic E-state index is 12.6. The van der Waals surface area contributed by atoms with E-state index in [9.17, 15) is 27.9 Å². The summed E-state index contributed by atoms with van der Waals surface area (Å²) >= 11 is 0. The zero-order valence-electron chi connectivity index (χ0n) is 13.7. The van der Waals surface area contributed by atoms with E-state index in [0.717, 1.165) is 18.2 Å². The third-order valence-corrected chi connectivity index (χ3v) is 3.93. The Kier molecular flexibility index (Phi) is 6.36. The number of benzene rings is 1. The van der Waals surface area contributed by atoms with Crippen molar-refractivity contribution in [2.75, 3.05) is 11.9 Å². The van der Waals surface area contributed by atoms with Crippen molar-refractivity contribution in [3.8, 4) is 0 Å². The number of hydrogen-bond acceptors (Lipinski definition) is 3. The molecule has 0 aliphatic carbocycles. The van der Waals surface area contributed by atoms with E-state index in [4.69, 9.17) is 0 Å². The van der Waals surface area contributed by atoms with Gasteiger partial charge in [0.25, 0.3) is 0 Å². The first-order valence-electron chi connectivity index (χ1n) is 7.46. The number of alkyl halides is 3. The van der Waals surface area contributed by atoms with Crippen LogP contribution in [0.25, 0.3) is 0 Å². The topological polar surface area (TPSA) is 78.4 Å². The molecule has 0 heterocycles. The second kappa shape index (κ2) is 7.65. The fourth-order valence-corrected chi connectivity index (χ4v) is 1.91. The predicted molar refractivity (Wildman–Crippen MR) is 83.2 cm³/mol. The summed E-state index contributed by atoms with van der Waals surface area (Å²) in [6.07, 6.45) is -3.86. The van der Waals surface area contributed by atoms with Gasteiger partial charge in [0.1, 0.15) is 0 Å². The molecule has 0 saturated carbocycles. The van der Waals surface area contributed by atoms with Gasteiger partial charge in [-0.3, -0.25) is 9.59 Å². The average Bonchev–Trinajstić information content (AvgIpc) is 2.51. The number of carbonyl (C=O) groups is 2. The zero-order chi connectivity index (χ0) is 18.5. The maximum Gasteiger partial charge on any atom is 0.416 e. The molecule has 8 heteroatoms. The lowest BCUT2D eigenvalue weighted by molar-refractivity contribution is -0.137. The van der Waals surface area contributed by atoms with E-state index in [1.807, 2.05) is 6.92 Å². The van der Waals surface area contributed by atoms with Crippen LogP contribution in [0.3, 0.4) is 0 Å².